The molecule has 0 fully saturated rings. The van der Waals surface area contributed by atoms with Crippen molar-refractivity contribution in [2.75, 3.05) is 5.75 Å². The van der Waals surface area contributed by atoms with Gasteiger partial charge in [0.25, 0.3) is 0 Å². The number of carbonyl (C=O) groups excluding carboxylic acids is 1. The second-order valence-corrected chi connectivity index (χ2v) is 12.2. The van der Waals surface area contributed by atoms with Crippen LogP contribution in [0.4, 0.5) is 0 Å². The first kappa shape index (κ1) is 16.7. The Morgan fingerprint density at radius 3 is 2.44 bits per heavy atom. The largest absolute Gasteiger partial charge is 0.290 e. The van der Waals surface area contributed by atoms with Gasteiger partial charge in [-0.1, -0.05) is 30.1 Å². The topological polar surface area (TPSA) is 51.2 Å². The fraction of sp³-hybridized carbons (Fsp3) is 0.300. The molecule has 0 radical (unpaired) electrons. The van der Waals surface area contributed by atoms with E-state index in [1.54, 1.807) is 22.6 Å². The summed E-state index contributed by atoms with van der Waals surface area (Å²) in [6.45, 7) is 1.47. The highest BCUT2D eigenvalue weighted by Crippen LogP contribution is 2.39. The molecule has 0 saturated heterocycles. The van der Waals surface area contributed by atoms with Crippen LogP contribution in [0, 0.1) is 0 Å². The highest BCUT2D eigenvalue weighted by Gasteiger charge is 2.45. The zero-order valence-corrected chi connectivity index (χ0v) is 15.2. The SMILES string of the molecule is CCS(=O)(=O)[C@](Br)(I)C(=O)c1ccc(Cl)cc1Cl. The molecule has 18 heavy (non-hydrogen) atoms. The number of carbonyl (C=O) groups is 1. The number of halogens is 4. The second kappa shape index (κ2) is 5.95. The van der Waals surface area contributed by atoms with Crippen LogP contribution < -0.4 is 0 Å². The quantitative estimate of drug-likeness (QED) is 0.366. The molecule has 0 saturated carbocycles. The summed E-state index contributed by atoms with van der Waals surface area (Å²) in [6, 6.07) is 4.29. The van der Waals surface area contributed by atoms with Crippen LogP contribution in [0.25, 0.3) is 0 Å². The molecule has 100 valence electrons. The van der Waals surface area contributed by atoms with Gasteiger partial charge >= 0.3 is 0 Å². The number of Topliss-reactive ketones (excluding diaryl/α,β-unsaturated/α-hetero) is 1. The summed E-state index contributed by atoms with van der Waals surface area (Å²) in [6.07, 6.45) is 0. The van der Waals surface area contributed by atoms with Crippen molar-refractivity contribution in [2.45, 2.75) is 8.59 Å². The summed E-state index contributed by atoms with van der Waals surface area (Å²) in [5.41, 5.74) is 0.115. The smallest absolute Gasteiger partial charge is 0.239 e. The Hall–Kier alpha value is 0.630. The van der Waals surface area contributed by atoms with E-state index >= 15 is 0 Å². The summed E-state index contributed by atoms with van der Waals surface area (Å²) >= 11 is 16.2. The van der Waals surface area contributed by atoms with Crippen molar-refractivity contribution in [3.63, 3.8) is 0 Å². The van der Waals surface area contributed by atoms with Crippen LogP contribution in [0.15, 0.2) is 18.2 Å². The maximum Gasteiger partial charge on any atom is 0.239 e. The predicted molar refractivity (Wildman–Crippen MR) is 85.9 cm³/mol. The molecule has 1 rings (SSSR count). The van der Waals surface area contributed by atoms with Gasteiger partial charge in [0, 0.05) is 10.6 Å². The molecule has 3 nitrogen and oxygen atoms in total. The molecule has 0 aliphatic rings. The minimum atomic E-state index is -3.61. The van der Waals surface area contributed by atoms with Gasteiger partial charge in [-0.15, -0.1) is 0 Å². The minimum Gasteiger partial charge on any atom is -0.290 e. The number of hydrogen-bond donors (Lipinski definition) is 0. The van der Waals surface area contributed by atoms with E-state index in [4.69, 9.17) is 23.2 Å². The van der Waals surface area contributed by atoms with Crippen LogP contribution in [0.5, 0.6) is 0 Å². The van der Waals surface area contributed by atoms with Crippen molar-refractivity contribution in [3.8, 4) is 0 Å². The Kier molecular flexibility index (Phi) is 5.51. The molecule has 0 amide bonds. The van der Waals surface area contributed by atoms with Crippen LogP contribution in [-0.2, 0) is 9.84 Å². The maximum atomic E-state index is 12.2. The van der Waals surface area contributed by atoms with Crippen LogP contribution in [-0.4, -0.2) is 21.6 Å². The first-order valence-corrected chi connectivity index (χ1v) is 9.01. The lowest BCUT2D eigenvalue weighted by molar-refractivity contribution is 0.101. The summed E-state index contributed by atoms with van der Waals surface area (Å²) in [7, 11) is -3.61. The van der Waals surface area contributed by atoms with Gasteiger partial charge in [0.1, 0.15) is 0 Å². The van der Waals surface area contributed by atoms with Crippen LogP contribution in [0.1, 0.15) is 17.3 Å². The van der Waals surface area contributed by atoms with E-state index < -0.39 is 17.3 Å². The van der Waals surface area contributed by atoms with Crippen molar-refractivity contribution >= 4 is 77.3 Å². The van der Waals surface area contributed by atoms with Crippen molar-refractivity contribution in [1.29, 1.82) is 0 Å². The third kappa shape index (κ3) is 3.20. The van der Waals surface area contributed by atoms with Crippen molar-refractivity contribution < 1.29 is 13.2 Å². The first-order valence-electron chi connectivity index (χ1n) is 4.73. The number of benzene rings is 1. The van der Waals surface area contributed by atoms with Crippen molar-refractivity contribution in [2.24, 2.45) is 0 Å². The molecule has 1 atom stereocenters. The van der Waals surface area contributed by atoms with Gasteiger partial charge in [0.2, 0.25) is 7.45 Å². The standard InChI is InChI=1S/C10H8BrCl2IO3S/c1-2-18(16,17)10(11,14)9(15)7-4-3-6(12)5-8(7)13/h3-5H,2H2,1H3/t10-/m1/s1. The zero-order valence-electron chi connectivity index (χ0n) is 9.08. The summed E-state index contributed by atoms with van der Waals surface area (Å²) in [4.78, 5) is 12.2. The molecule has 0 unspecified atom stereocenters. The number of sulfone groups is 1. The summed E-state index contributed by atoms with van der Waals surface area (Å²) in [5.74, 6) is -0.773. The molecule has 0 aromatic heterocycles. The molecule has 0 spiro atoms. The highest BCUT2D eigenvalue weighted by atomic mass is 127. The Morgan fingerprint density at radius 1 is 1.44 bits per heavy atom. The van der Waals surface area contributed by atoms with Gasteiger partial charge in [0.15, 0.2) is 9.84 Å². The third-order valence-corrected chi connectivity index (χ3v) is 8.83. The average Bonchev–Trinajstić information content (AvgIpc) is 2.28. The average molecular weight is 486 g/mol. The van der Waals surface area contributed by atoms with E-state index in [1.807, 2.05) is 0 Å². The normalized spacial score (nSPS) is 15.2. The fourth-order valence-corrected chi connectivity index (χ4v) is 4.53. The van der Waals surface area contributed by atoms with E-state index in [0.29, 0.717) is 5.02 Å². The monoisotopic (exact) mass is 484 g/mol. The lowest BCUT2D eigenvalue weighted by Gasteiger charge is -2.19. The highest BCUT2D eigenvalue weighted by molar-refractivity contribution is 14.1. The molecule has 1 aromatic carbocycles. The molecule has 0 N–H and O–H groups in total. The first-order chi connectivity index (χ1) is 8.13. The predicted octanol–water partition coefficient (Wildman–Crippen LogP) is 4.09. The zero-order chi connectivity index (χ0) is 14.1. The lowest BCUT2D eigenvalue weighted by Crippen LogP contribution is -2.35. The van der Waals surface area contributed by atoms with E-state index in [9.17, 15) is 13.2 Å². The summed E-state index contributed by atoms with van der Waals surface area (Å²) < 4.78 is 22.0. The van der Waals surface area contributed by atoms with Gasteiger partial charge < -0.3 is 0 Å². The molecule has 0 aliphatic carbocycles. The van der Waals surface area contributed by atoms with Crippen molar-refractivity contribution in [1.82, 2.24) is 0 Å². The second-order valence-electron chi connectivity index (χ2n) is 3.37. The van der Waals surface area contributed by atoms with E-state index in [2.05, 4.69) is 15.9 Å². The van der Waals surface area contributed by atoms with Crippen LogP contribution in [0.3, 0.4) is 0 Å². The Balaban J connectivity index is 3.31. The number of hydrogen-bond acceptors (Lipinski definition) is 3. The van der Waals surface area contributed by atoms with Crippen molar-refractivity contribution in [3.05, 3.63) is 33.8 Å². The molecular weight excluding hydrogens is 478 g/mol. The van der Waals surface area contributed by atoms with Gasteiger partial charge in [-0.3, -0.25) is 4.79 Å². The maximum absolute atomic E-state index is 12.2. The third-order valence-electron chi connectivity index (χ3n) is 2.21. The van der Waals surface area contributed by atoms with Gasteiger partial charge in [0.05, 0.1) is 10.8 Å². The molecule has 0 bridgehead atoms. The number of alkyl halides is 2. The van der Waals surface area contributed by atoms with Gasteiger partial charge in [-0.05, 0) is 56.7 Å². The van der Waals surface area contributed by atoms with Crippen LogP contribution in [0.2, 0.25) is 10.0 Å². The minimum absolute atomic E-state index is 0.115. The van der Waals surface area contributed by atoms with Crippen LogP contribution >= 0.6 is 61.7 Å². The molecule has 0 aliphatic heterocycles. The van der Waals surface area contributed by atoms with Gasteiger partial charge in [-0.2, -0.15) is 0 Å². The Bertz CT molecular complexity index is 587. The fourth-order valence-electron chi connectivity index (χ4n) is 1.15. The summed E-state index contributed by atoms with van der Waals surface area (Å²) in [5, 5.41) is 0.503. The Morgan fingerprint density at radius 2 is 2.00 bits per heavy atom. The molecular formula is C10H8BrCl2IO3S. The van der Waals surface area contributed by atoms with E-state index in [1.165, 1.54) is 25.1 Å². The molecule has 1 aromatic rings. The van der Waals surface area contributed by atoms with Gasteiger partial charge in [-0.25, -0.2) is 8.42 Å². The lowest BCUT2D eigenvalue weighted by atomic mass is 10.1. The number of ketones is 1. The molecule has 0 heterocycles. The van der Waals surface area contributed by atoms with E-state index in [0.717, 1.165) is 0 Å². The molecule has 8 heteroatoms. The Labute approximate surface area is 137 Å². The number of rotatable bonds is 4. The van der Waals surface area contributed by atoms with E-state index in [-0.39, 0.29) is 16.3 Å².